The molecule has 3 nitrogen and oxygen atoms in total. The zero-order chi connectivity index (χ0) is 17.6. The van der Waals surface area contributed by atoms with Gasteiger partial charge in [0, 0.05) is 12.8 Å². The highest BCUT2D eigenvalue weighted by molar-refractivity contribution is 5.14. The number of hydrogen-bond acceptors (Lipinski definition) is 3. The van der Waals surface area contributed by atoms with Gasteiger partial charge < -0.3 is 4.52 Å². The summed E-state index contributed by atoms with van der Waals surface area (Å²) in [6.07, 6.45) is 16.1. The lowest BCUT2D eigenvalue weighted by molar-refractivity contribution is 0.369. The molecule has 138 valence electrons. The van der Waals surface area contributed by atoms with Gasteiger partial charge in [-0.3, -0.25) is 0 Å². The van der Waals surface area contributed by atoms with Crippen molar-refractivity contribution in [3.05, 3.63) is 47.6 Å². The van der Waals surface area contributed by atoms with Crippen LogP contribution >= 0.6 is 0 Å². The van der Waals surface area contributed by atoms with Gasteiger partial charge in [-0.15, -0.1) is 0 Å². The first-order valence-corrected chi connectivity index (χ1v) is 10.2. The number of unbranched alkanes of at least 4 members (excludes halogenated alkanes) is 8. The molecule has 1 aromatic heterocycles. The Labute approximate surface area is 153 Å². The molecule has 0 bridgehead atoms. The van der Waals surface area contributed by atoms with Crippen molar-refractivity contribution in [3.8, 4) is 0 Å². The highest BCUT2D eigenvalue weighted by atomic mass is 16.5. The molecule has 0 aliphatic rings. The van der Waals surface area contributed by atoms with Gasteiger partial charge in [0.1, 0.15) is 0 Å². The number of aromatic nitrogens is 2. The monoisotopic (exact) mass is 342 g/mol. The highest BCUT2D eigenvalue weighted by Gasteiger charge is 2.06. The van der Waals surface area contributed by atoms with Gasteiger partial charge in [-0.05, 0) is 24.8 Å². The van der Waals surface area contributed by atoms with E-state index >= 15 is 0 Å². The van der Waals surface area contributed by atoms with Gasteiger partial charge >= 0.3 is 0 Å². The fraction of sp³-hybridized carbons (Fsp3) is 0.636. The largest absolute Gasteiger partial charge is 0.339 e. The highest BCUT2D eigenvalue weighted by Crippen LogP contribution is 2.12. The van der Waals surface area contributed by atoms with E-state index in [1.165, 1.54) is 63.4 Å². The van der Waals surface area contributed by atoms with Gasteiger partial charge in [0.05, 0.1) is 0 Å². The quantitative estimate of drug-likeness (QED) is 0.377. The van der Waals surface area contributed by atoms with E-state index in [4.69, 9.17) is 4.52 Å². The third kappa shape index (κ3) is 8.85. The number of aryl methyl sites for hydroxylation is 3. The average molecular weight is 343 g/mol. The maximum atomic E-state index is 5.37. The Balaban J connectivity index is 1.50. The molecular weight excluding hydrogens is 308 g/mol. The molecule has 1 aromatic carbocycles. The van der Waals surface area contributed by atoms with Gasteiger partial charge in [-0.1, -0.05) is 93.8 Å². The van der Waals surface area contributed by atoms with Crippen LogP contribution in [0.4, 0.5) is 0 Å². The van der Waals surface area contributed by atoms with E-state index < -0.39 is 0 Å². The van der Waals surface area contributed by atoms with E-state index in [0.29, 0.717) is 0 Å². The molecule has 0 radical (unpaired) electrons. The van der Waals surface area contributed by atoms with E-state index in [-0.39, 0.29) is 0 Å². The summed E-state index contributed by atoms with van der Waals surface area (Å²) < 4.78 is 5.37. The van der Waals surface area contributed by atoms with Gasteiger partial charge in [0.15, 0.2) is 5.82 Å². The second kappa shape index (κ2) is 12.7. The molecule has 0 saturated heterocycles. The van der Waals surface area contributed by atoms with E-state index in [2.05, 4.69) is 47.4 Å². The van der Waals surface area contributed by atoms with E-state index in [9.17, 15) is 0 Å². The first kappa shape index (κ1) is 19.7. The summed E-state index contributed by atoms with van der Waals surface area (Å²) in [5.41, 5.74) is 1.37. The summed E-state index contributed by atoms with van der Waals surface area (Å²) in [4.78, 5) is 4.53. The molecule has 0 unspecified atom stereocenters. The maximum Gasteiger partial charge on any atom is 0.226 e. The van der Waals surface area contributed by atoms with Crippen LogP contribution < -0.4 is 0 Å². The predicted octanol–water partition coefficient (Wildman–Crippen LogP) is 6.32. The van der Waals surface area contributed by atoms with E-state index in [1.807, 2.05) is 0 Å². The van der Waals surface area contributed by atoms with E-state index in [0.717, 1.165) is 37.4 Å². The molecular formula is C22H34N2O. The van der Waals surface area contributed by atoms with Crippen LogP contribution in [-0.2, 0) is 19.3 Å². The predicted molar refractivity (Wildman–Crippen MR) is 104 cm³/mol. The fourth-order valence-corrected chi connectivity index (χ4v) is 3.18. The summed E-state index contributed by atoms with van der Waals surface area (Å²) in [6, 6.07) is 10.6. The molecule has 0 fully saturated rings. The van der Waals surface area contributed by atoms with Crippen molar-refractivity contribution in [3.63, 3.8) is 0 Å². The van der Waals surface area contributed by atoms with Gasteiger partial charge in [0.2, 0.25) is 5.89 Å². The topological polar surface area (TPSA) is 38.9 Å². The molecule has 0 spiro atoms. The average Bonchev–Trinajstić information content (AvgIpc) is 3.09. The second-order valence-corrected chi connectivity index (χ2v) is 7.02. The second-order valence-electron chi connectivity index (χ2n) is 7.02. The molecule has 2 aromatic rings. The van der Waals surface area contributed by atoms with Crippen LogP contribution in [0.25, 0.3) is 0 Å². The zero-order valence-corrected chi connectivity index (χ0v) is 15.9. The Bertz CT molecular complexity index is 550. The third-order valence-electron chi connectivity index (χ3n) is 4.71. The molecule has 2 rings (SSSR count). The first-order valence-electron chi connectivity index (χ1n) is 10.2. The number of hydrogen-bond donors (Lipinski definition) is 0. The summed E-state index contributed by atoms with van der Waals surface area (Å²) >= 11 is 0. The minimum Gasteiger partial charge on any atom is -0.339 e. The lowest BCUT2D eigenvalue weighted by atomic mass is 10.1. The molecule has 1 heterocycles. The molecule has 0 amide bonds. The maximum absolute atomic E-state index is 5.37. The van der Waals surface area contributed by atoms with Crippen molar-refractivity contribution in [1.29, 1.82) is 0 Å². The molecule has 0 N–H and O–H groups in total. The Hall–Kier alpha value is -1.64. The summed E-state index contributed by atoms with van der Waals surface area (Å²) in [6.45, 7) is 2.27. The van der Waals surface area contributed by atoms with Gasteiger partial charge in [-0.2, -0.15) is 4.98 Å². The Morgan fingerprint density at radius 2 is 1.40 bits per heavy atom. The SMILES string of the molecule is CCCCCCCCCCCc1noc(CCCc2ccccc2)n1. The smallest absolute Gasteiger partial charge is 0.226 e. The number of benzene rings is 1. The Morgan fingerprint density at radius 1 is 0.720 bits per heavy atom. The van der Waals surface area contributed by atoms with Crippen LogP contribution in [0, 0.1) is 0 Å². The summed E-state index contributed by atoms with van der Waals surface area (Å²) in [7, 11) is 0. The minimum atomic E-state index is 0.793. The molecule has 0 aliphatic heterocycles. The lowest BCUT2D eigenvalue weighted by Gasteiger charge is -2.00. The minimum absolute atomic E-state index is 0.793. The van der Waals surface area contributed by atoms with Crippen molar-refractivity contribution < 1.29 is 4.52 Å². The van der Waals surface area contributed by atoms with Crippen LogP contribution in [0.2, 0.25) is 0 Å². The van der Waals surface area contributed by atoms with Crippen LogP contribution in [0.3, 0.4) is 0 Å². The first-order chi connectivity index (χ1) is 12.4. The molecule has 0 atom stereocenters. The number of rotatable bonds is 14. The van der Waals surface area contributed by atoms with E-state index in [1.54, 1.807) is 0 Å². The van der Waals surface area contributed by atoms with Crippen molar-refractivity contribution in [2.24, 2.45) is 0 Å². The Morgan fingerprint density at radius 3 is 2.12 bits per heavy atom. The van der Waals surface area contributed by atoms with Crippen molar-refractivity contribution in [2.75, 3.05) is 0 Å². The Kier molecular flexibility index (Phi) is 9.99. The number of nitrogens with zero attached hydrogens (tertiary/aromatic N) is 2. The third-order valence-corrected chi connectivity index (χ3v) is 4.71. The normalized spacial score (nSPS) is 11.1. The van der Waals surface area contributed by atoms with Crippen molar-refractivity contribution in [2.45, 2.75) is 90.4 Å². The summed E-state index contributed by atoms with van der Waals surface area (Å²) in [5.74, 6) is 1.68. The van der Waals surface area contributed by atoms with Crippen molar-refractivity contribution in [1.82, 2.24) is 10.1 Å². The molecule has 25 heavy (non-hydrogen) atoms. The van der Waals surface area contributed by atoms with Gasteiger partial charge in [-0.25, -0.2) is 0 Å². The molecule has 0 saturated carbocycles. The molecule has 0 aliphatic carbocycles. The standard InChI is InChI=1S/C22H34N2O/c1-2-3-4-5-6-7-8-9-13-18-21-23-22(25-24-21)19-14-17-20-15-11-10-12-16-20/h10-12,15-16H,2-9,13-14,17-19H2,1H3. The molecule has 3 heteroatoms. The lowest BCUT2D eigenvalue weighted by Crippen LogP contribution is -1.92. The fourth-order valence-electron chi connectivity index (χ4n) is 3.18. The van der Waals surface area contributed by atoms with Crippen molar-refractivity contribution >= 4 is 0 Å². The van der Waals surface area contributed by atoms with Gasteiger partial charge in [0.25, 0.3) is 0 Å². The zero-order valence-electron chi connectivity index (χ0n) is 15.9. The van der Waals surface area contributed by atoms with Crippen LogP contribution in [-0.4, -0.2) is 10.1 Å². The summed E-state index contributed by atoms with van der Waals surface area (Å²) in [5, 5.41) is 4.12. The van der Waals surface area contributed by atoms with Crippen LogP contribution in [0.1, 0.15) is 88.4 Å². The van der Waals surface area contributed by atoms with Crippen LogP contribution in [0.15, 0.2) is 34.9 Å². The van der Waals surface area contributed by atoms with Crippen LogP contribution in [0.5, 0.6) is 0 Å².